The lowest BCUT2D eigenvalue weighted by molar-refractivity contribution is 0.0745. The Morgan fingerprint density at radius 3 is 2.58 bits per heavy atom. The van der Waals surface area contributed by atoms with E-state index in [0.717, 1.165) is 17.3 Å². The summed E-state index contributed by atoms with van der Waals surface area (Å²) in [5, 5.41) is 1.82. The van der Waals surface area contributed by atoms with Crippen molar-refractivity contribution in [3.63, 3.8) is 0 Å². The van der Waals surface area contributed by atoms with Gasteiger partial charge in [-0.25, -0.2) is 8.42 Å². The lowest BCUT2D eigenvalue weighted by atomic mass is 10.1. The van der Waals surface area contributed by atoms with Crippen molar-refractivity contribution in [3.8, 4) is 5.75 Å². The topological polar surface area (TPSA) is 79.0 Å². The van der Waals surface area contributed by atoms with E-state index in [1.54, 1.807) is 41.3 Å². The molecule has 7 nitrogen and oxygen atoms in total. The van der Waals surface area contributed by atoms with Gasteiger partial charge in [0.1, 0.15) is 12.4 Å². The van der Waals surface area contributed by atoms with Crippen LogP contribution in [-0.4, -0.2) is 64.5 Å². The lowest BCUT2D eigenvalue weighted by Gasteiger charge is -2.22. The molecule has 1 N–H and O–H groups in total. The van der Waals surface area contributed by atoms with Crippen LogP contribution in [0.5, 0.6) is 5.75 Å². The molecule has 8 heteroatoms. The summed E-state index contributed by atoms with van der Waals surface area (Å²) in [7, 11) is 0.129. The van der Waals surface area contributed by atoms with Gasteiger partial charge < -0.3 is 14.5 Å². The van der Waals surface area contributed by atoms with E-state index in [0.29, 0.717) is 36.7 Å². The minimum absolute atomic E-state index is 0.113. The predicted octanol–water partition coefficient (Wildman–Crippen LogP) is 3.04. The first-order valence-corrected chi connectivity index (χ1v) is 11.5. The van der Waals surface area contributed by atoms with Crippen molar-refractivity contribution in [2.24, 2.45) is 0 Å². The van der Waals surface area contributed by atoms with Crippen LogP contribution in [0.3, 0.4) is 0 Å². The van der Waals surface area contributed by atoms with Gasteiger partial charge in [-0.3, -0.25) is 9.52 Å². The fourth-order valence-corrected chi connectivity index (χ4v) is 4.59. The molecule has 0 radical (unpaired) electrons. The second-order valence-electron chi connectivity index (χ2n) is 7.77. The molecule has 0 aliphatic carbocycles. The maximum absolute atomic E-state index is 12.9. The van der Waals surface area contributed by atoms with Gasteiger partial charge in [0.2, 0.25) is 0 Å². The number of rotatable bonds is 6. The number of ether oxygens (including phenoxy) is 1. The molecule has 162 valence electrons. The van der Waals surface area contributed by atoms with E-state index in [4.69, 9.17) is 4.74 Å². The highest BCUT2D eigenvalue weighted by atomic mass is 32.2. The molecule has 4 rings (SSSR count). The summed E-state index contributed by atoms with van der Waals surface area (Å²) in [5.74, 6) is 0.273. The average Bonchev–Trinajstić information content (AvgIpc) is 2.90. The van der Waals surface area contributed by atoms with Crippen molar-refractivity contribution in [2.45, 2.75) is 4.90 Å². The minimum atomic E-state index is -3.79. The van der Waals surface area contributed by atoms with E-state index < -0.39 is 10.0 Å². The number of anilines is 1. The number of carbonyl (C=O) groups excluding carboxylic acids is 1. The molecule has 0 fully saturated rings. The van der Waals surface area contributed by atoms with Gasteiger partial charge in [-0.1, -0.05) is 30.3 Å². The first-order chi connectivity index (χ1) is 14.8. The van der Waals surface area contributed by atoms with Crippen LogP contribution >= 0.6 is 0 Å². The molecule has 0 aromatic heterocycles. The van der Waals surface area contributed by atoms with Gasteiger partial charge in [0, 0.05) is 19.2 Å². The lowest BCUT2D eigenvalue weighted by Crippen LogP contribution is -2.37. The Labute approximate surface area is 182 Å². The summed E-state index contributed by atoms with van der Waals surface area (Å²) >= 11 is 0. The molecule has 0 saturated heterocycles. The van der Waals surface area contributed by atoms with Gasteiger partial charge in [-0.2, -0.15) is 0 Å². The van der Waals surface area contributed by atoms with Crippen molar-refractivity contribution < 1.29 is 17.9 Å². The van der Waals surface area contributed by atoms with Crippen LogP contribution in [0.25, 0.3) is 10.8 Å². The third-order valence-electron chi connectivity index (χ3n) is 5.22. The van der Waals surface area contributed by atoms with Gasteiger partial charge in [-0.15, -0.1) is 0 Å². The predicted molar refractivity (Wildman–Crippen MR) is 121 cm³/mol. The summed E-state index contributed by atoms with van der Waals surface area (Å²) in [5.41, 5.74) is 0.784. The SMILES string of the molecule is CN(C)CCN1CCOc2cc(NS(=O)(=O)c3ccc4ccccc4c3)ccc2C1=O. The number of nitrogens with one attached hydrogen (secondary N) is 1. The molecule has 1 aliphatic rings. The number of nitrogens with zero attached hydrogens (tertiary/aromatic N) is 2. The van der Waals surface area contributed by atoms with Crippen LogP contribution in [-0.2, 0) is 10.0 Å². The number of fused-ring (bicyclic) bond motifs is 2. The third-order valence-corrected chi connectivity index (χ3v) is 6.60. The summed E-state index contributed by atoms with van der Waals surface area (Å²) in [6, 6.07) is 17.4. The van der Waals surface area contributed by atoms with Crippen LogP contribution in [0, 0.1) is 0 Å². The van der Waals surface area contributed by atoms with Crippen molar-refractivity contribution in [3.05, 3.63) is 66.2 Å². The minimum Gasteiger partial charge on any atom is -0.491 e. The molecule has 0 atom stereocenters. The normalized spacial score (nSPS) is 14.3. The quantitative estimate of drug-likeness (QED) is 0.639. The van der Waals surface area contributed by atoms with Crippen molar-refractivity contribution >= 4 is 32.4 Å². The molecular formula is C23H25N3O4S. The number of likely N-dealkylation sites (N-methyl/N-ethyl adjacent to an activating group) is 1. The summed E-state index contributed by atoms with van der Waals surface area (Å²) < 4.78 is 34.2. The standard InChI is InChI=1S/C23H25N3O4S/c1-25(2)11-12-26-13-14-30-22-16-19(8-10-21(22)23(26)27)24-31(28,29)20-9-7-17-5-3-4-6-18(17)15-20/h3-10,15-16,24H,11-14H2,1-2H3. The number of hydrogen-bond acceptors (Lipinski definition) is 5. The van der Waals surface area contributed by atoms with E-state index in [-0.39, 0.29) is 10.8 Å². The number of hydrogen-bond donors (Lipinski definition) is 1. The van der Waals surface area contributed by atoms with Crippen LogP contribution < -0.4 is 9.46 Å². The van der Waals surface area contributed by atoms with E-state index in [1.807, 2.05) is 43.3 Å². The van der Waals surface area contributed by atoms with Crippen molar-refractivity contribution in [1.29, 1.82) is 0 Å². The average molecular weight is 440 g/mol. The zero-order chi connectivity index (χ0) is 22.0. The molecular weight excluding hydrogens is 414 g/mol. The fraction of sp³-hybridized carbons (Fsp3) is 0.261. The first kappa shape index (κ1) is 21.1. The first-order valence-electron chi connectivity index (χ1n) is 10.1. The molecule has 3 aromatic rings. The maximum atomic E-state index is 12.9. The summed E-state index contributed by atoms with van der Waals surface area (Å²) in [4.78, 5) is 16.8. The molecule has 0 spiro atoms. The fourth-order valence-electron chi connectivity index (χ4n) is 3.50. The van der Waals surface area contributed by atoms with Crippen molar-refractivity contribution in [1.82, 2.24) is 9.80 Å². The summed E-state index contributed by atoms with van der Waals surface area (Å²) in [6.45, 7) is 2.20. The highest BCUT2D eigenvalue weighted by Gasteiger charge is 2.24. The molecule has 1 amide bonds. The highest BCUT2D eigenvalue weighted by Crippen LogP contribution is 2.29. The Kier molecular flexibility index (Phi) is 5.84. The Morgan fingerprint density at radius 2 is 1.81 bits per heavy atom. The highest BCUT2D eigenvalue weighted by molar-refractivity contribution is 7.92. The van der Waals surface area contributed by atoms with Crippen LogP contribution in [0.15, 0.2) is 65.6 Å². The summed E-state index contributed by atoms with van der Waals surface area (Å²) in [6.07, 6.45) is 0. The largest absolute Gasteiger partial charge is 0.491 e. The second kappa shape index (κ2) is 8.56. The Morgan fingerprint density at radius 1 is 1.03 bits per heavy atom. The molecule has 1 heterocycles. The van der Waals surface area contributed by atoms with E-state index >= 15 is 0 Å². The number of carbonyl (C=O) groups is 1. The van der Waals surface area contributed by atoms with Gasteiger partial charge in [0.15, 0.2) is 0 Å². The Balaban J connectivity index is 1.57. The van der Waals surface area contributed by atoms with E-state index in [2.05, 4.69) is 4.72 Å². The van der Waals surface area contributed by atoms with Crippen molar-refractivity contribution in [2.75, 3.05) is 45.1 Å². The number of amides is 1. The smallest absolute Gasteiger partial charge is 0.261 e. The molecule has 3 aromatic carbocycles. The Hall–Kier alpha value is -3.10. The molecule has 0 bridgehead atoms. The van der Waals surface area contributed by atoms with Crippen LogP contribution in [0.1, 0.15) is 10.4 Å². The molecule has 0 unspecified atom stereocenters. The third kappa shape index (κ3) is 4.65. The van der Waals surface area contributed by atoms with Gasteiger partial charge in [0.25, 0.3) is 15.9 Å². The zero-order valence-electron chi connectivity index (χ0n) is 17.5. The molecule has 31 heavy (non-hydrogen) atoms. The van der Waals surface area contributed by atoms with Gasteiger partial charge in [0.05, 0.1) is 22.7 Å². The maximum Gasteiger partial charge on any atom is 0.261 e. The molecule has 1 aliphatic heterocycles. The Bertz CT molecular complexity index is 1220. The van der Waals surface area contributed by atoms with Crippen LogP contribution in [0.4, 0.5) is 5.69 Å². The second-order valence-corrected chi connectivity index (χ2v) is 9.45. The van der Waals surface area contributed by atoms with E-state index in [1.165, 1.54) is 0 Å². The van der Waals surface area contributed by atoms with Gasteiger partial charge in [-0.05, 0) is 49.1 Å². The van der Waals surface area contributed by atoms with E-state index in [9.17, 15) is 13.2 Å². The molecule has 0 saturated carbocycles. The van der Waals surface area contributed by atoms with Gasteiger partial charge >= 0.3 is 0 Å². The number of sulfonamides is 1. The number of benzene rings is 3. The zero-order valence-corrected chi connectivity index (χ0v) is 18.4. The van der Waals surface area contributed by atoms with Crippen LogP contribution in [0.2, 0.25) is 0 Å². The monoisotopic (exact) mass is 439 g/mol.